The molecule has 0 aliphatic rings. The molecule has 16 heavy (non-hydrogen) atoms. The van der Waals surface area contributed by atoms with E-state index in [-0.39, 0.29) is 6.04 Å². The number of nitrogens with zero attached hydrogens (tertiary/aromatic N) is 1. The zero-order valence-electron chi connectivity index (χ0n) is 9.04. The molecule has 0 saturated carbocycles. The number of rotatable bonds is 6. The van der Waals surface area contributed by atoms with Gasteiger partial charge in [0.05, 0.1) is 18.3 Å². The number of nitrogens with two attached hydrogens (primary N) is 1. The molecule has 0 amide bonds. The van der Waals surface area contributed by atoms with Crippen LogP contribution < -0.4 is 11.3 Å². The first-order valence-corrected chi connectivity index (χ1v) is 6.62. The first kappa shape index (κ1) is 14.1. The van der Waals surface area contributed by atoms with E-state index in [0.717, 1.165) is 27.7 Å². The second-order valence-electron chi connectivity index (χ2n) is 3.31. The lowest BCUT2D eigenvalue weighted by molar-refractivity contribution is 0.111. The van der Waals surface area contributed by atoms with Gasteiger partial charge in [-0.25, -0.2) is 5.43 Å². The smallest absolute Gasteiger partial charge is 0.0876 e. The maximum atomic E-state index is 5.49. The van der Waals surface area contributed by atoms with Crippen LogP contribution in [0, 0.1) is 0 Å². The van der Waals surface area contributed by atoms with Crippen molar-refractivity contribution in [3.8, 4) is 0 Å². The molecule has 0 radical (unpaired) electrons. The summed E-state index contributed by atoms with van der Waals surface area (Å²) in [4.78, 5) is 4.31. The fraction of sp³-hybridized carbons (Fsp3) is 0.500. The van der Waals surface area contributed by atoms with Crippen LogP contribution in [-0.2, 0) is 4.74 Å². The lowest BCUT2D eigenvalue weighted by atomic mass is 10.2. The average molecular weight is 353 g/mol. The van der Waals surface area contributed by atoms with E-state index in [1.54, 1.807) is 6.20 Å². The highest BCUT2D eigenvalue weighted by Gasteiger charge is 2.14. The van der Waals surface area contributed by atoms with E-state index in [1.807, 2.05) is 6.07 Å². The average Bonchev–Trinajstić information content (AvgIpc) is 2.26. The van der Waals surface area contributed by atoms with Crippen LogP contribution >= 0.6 is 31.9 Å². The maximum absolute atomic E-state index is 5.49. The van der Waals surface area contributed by atoms with Crippen LogP contribution in [0.5, 0.6) is 0 Å². The molecule has 0 aliphatic carbocycles. The number of halogens is 2. The fourth-order valence-corrected chi connectivity index (χ4v) is 2.50. The van der Waals surface area contributed by atoms with Gasteiger partial charge >= 0.3 is 0 Å². The van der Waals surface area contributed by atoms with Gasteiger partial charge in [-0.2, -0.15) is 0 Å². The number of ether oxygens (including phenoxy) is 1. The van der Waals surface area contributed by atoms with E-state index >= 15 is 0 Å². The van der Waals surface area contributed by atoms with Gasteiger partial charge in [0.25, 0.3) is 0 Å². The van der Waals surface area contributed by atoms with Gasteiger partial charge in [-0.05, 0) is 44.3 Å². The third kappa shape index (κ3) is 4.10. The highest BCUT2D eigenvalue weighted by molar-refractivity contribution is 9.11. The van der Waals surface area contributed by atoms with Crippen LogP contribution in [-0.4, -0.2) is 18.2 Å². The molecular weight excluding hydrogens is 338 g/mol. The van der Waals surface area contributed by atoms with E-state index in [1.165, 1.54) is 0 Å². The molecule has 1 aromatic rings. The summed E-state index contributed by atoms with van der Waals surface area (Å²) in [6.45, 7) is 3.31. The quantitative estimate of drug-likeness (QED) is 0.469. The molecule has 0 saturated heterocycles. The van der Waals surface area contributed by atoms with Gasteiger partial charge < -0.3 is 4.74 Å². The Labute approximate surface area is 112 Å². The molecule has 0 aromatic carbocycles. The Morgan fingerprint density at radius 3 is 2.88 bits per heavy atom. The predicted molar refractivity (Wildman–Crippen MR) is 70.8 cm³/mol. The Kier molecular flexibility index (Phi) is 6.45. The highest BCUT2D eigenvalue weighted by Crippen LogP contribution is 2.24. The normalized spacial score (nSPS) is 12.8. The summed E-state index contributed by atoms with van der Waals surface area (Å²) in [6.07, 6.45) is 2.73. The van der Waals surface area contributed by atoms with Crippen LogP contribution in [0.4, 0.5) is 0 Å². The van der Waals surface area contributed by atoms with Crippen molar-refractivity contribution < 1.29 is 4.74 Å². The van der Waals surface area contributed by atoms with Crippen molar-refractivity contribution >= 4 is 31.9 Å². The topological polar surface area (TPSA) is 60.2 Å². The van der Waals surface area contributed by atoms with Crippen molar-refractivity contribution in [1.29, 1.82) is 0 Å². The predicted octanol–water partition coefficient (Wildman–Crippen LogP) is 2.54. The van der Waals surface area contributed by atoms with Gasteiger partial charge in [0.15, 0.2) is 0 Å². The highest BCUT2D eigenvalue weighted by atomic mass is 79.9. The fourth-order valence-electron chi connectivity index (χ4n) is 1.23. The summed E-state index contributed by atoms with van der Waals surface area (Å²) < 4.78 is 7.29. The van der Waals surface area contributed by atoms with Crippen LogP contribution in [0.3, 0.4) is 0 Å². The standard InChI is InChI=1S/C10H15Br2N3O/c1-2-3-16-6-9(15-13)10-8(12)4-7(11)5-14-10/h4-5,9,15H,2-3,6,13H2,1H3. The Balaban J connectivity index is 2.70. The van der Waals surface area contributed by atoms with Gasteiger partial charge in [0.2, 0.25) is 0 Å². The molecule has 1 unspecified atom stereocenters. The number of hydrogen-bond acceptors (Lipinski definition) is 4. The number of hydrogen-bond donors (Lipinski definition) is 2. The van der Waals surface area contributed by atoms with Crippen molar-refractivity contribution in [2.24, 2.45) is 5.84 Å². The summed E-state index contributed by atoms with van der Waals surface area (Å²) in [5.74, 6) is 5.49. The summed E-state index contributed by atoms with van der Waals surface area (Å²) in [5, 5.41) is 0. The number of aromatic nitrogens is 1. The van der Waals surface area contributed by atoms with E-state index < -0.39 is 0 Å². The molecule has 0 fully saturated rings. The monoisotopic (exact) mass is 351 g/mol. The molecule has 3 N–H and O–H groups in total. The van der Waals surface area contributed by atoms with E-state index in [4.69, 9.17) is 10.6 Å². The van der Waals surface area contributed by atoms with E-state index in [9.17, 15) is 0 Å². The Hall–Kier alpha value is -0.0100. The lowest BCUT2D eigenvalue weighted by Crippen LogP contribution is -2.32. The Bertz CT molecular complexity index is 336. The van der Waals surface area contributed by atoms with Crippen LogP contribution in [0.1, 0.15) is 25.1 Å². The molecule has 4 nitrogen and oxygen atoms in total. The van der Waals surface area contributed by atoms with E-state index in [2.05, 4.69) is 49.2 Å². The summed E-state index contributed by atoms with van der Waals surface area (Å²) >= 11 is 6.81. The van der Waals surface area contributed by atoms with Gasteiger partial charge in [-0.15, -0.1) is 0 Å². The number of hydrazine groups is 1. The van der Waals surface area contributed by atoms with Gasteiger partial charge in [-0.3, -0.25) is 10.8 Å². The number of pyridine rings is 1. The number of nitrogens with one attached hydrogen (secondary N) is 1. The SMILES string of the molecule is CCCOCC(NN)c1ncc(Br)cc1Br. The van der Waals surface area contributed by atoms with E-state index in [0.29, 0.717) is 6.61 Å². The second kappa shape index (κ2) is 7.34. The molecule has 1 rings (SSSR count). The van der Waals surface area contributed by atoms with Crippen molar-refractivity contribution in [3.63, 3.8) is 0 Å². The zero-order chi connectivity index (χ0) is 12.0. The van der Waals surface area contributed by atoms with Crippen LogP contribution in [0.15, 0.2) is 21.2 Å². The first-order valence-electron chi connectivity index (χ1n) is 5.03. The molecule has 0 aliphatic heterocycles. The Morgan fingerprint density at radius 1 is 1.56 bits per heavy atom. The van der Waals surface area contributed by atoms with Gasteiger partial charge in [0.1, 0.15) is 0 Å². The third-order valence-corrected chi connectivity index (χ3v) is 3.07. The maximum Gasteiger partial charge on any atom is 0.0876 e. The molecule has 90 valence electrons. The molecular formula is C10H15Br2N3O. The molecule has 1 atom stereocenters. The molecule has 6 heteroatoms. The van der Waals surface area contributed by atoms with Crippen LogP contribution in [0.25, 0.3) is 0 Å². The van der Waals surface area contributed by atoms with Crippen molar-refractivity contribution in [2.45, 2.75) is 19.4 Å². The molecule has 0 bridgehead atoms. The minimum absolute atomic E-state index is 0.103. The summed E-state index contributed by atoms with van der Waals surface area (Å²) in [6, 6.07) is 1.83. The first-order chi connectivity index (χ1) is 7.69. The summed E-state index contributed by atoms with van der Waals surface area (Å²) in [5.41, 5.74) is 3.55. The minimum Gasteiger partial charge on any atom is -0.379 e. The summed E-state index contributed by atoms with van der Waals surface area (Å²) in [7, 11) is 0. The van der Waals surface area contributed by atoms with Crippen molar-refractivity contribution in [2.75, 3.05) is 13.2 Å². The third-order valence-electron chi connectivity index (χ3n) is 2.00. The van der Waals surface area contributed by atoms with Crippen molar-refractivity contribution in [1.82, 2.24) is 10.4 Å². The van der Waals surface area contributed by atoms with Crippen molar-refractivity contribution in [3.05, 3.63) is 26.9 Å². The largest absolute Gasteiger partial charge is 0.379 e. The molecule has 1 heterocycles. The molecule has 0 spiro atoms. The Morgan fingerprint density at radius 2 is 2.31 bits per heavy atom. The van der Waals surface area contributed by atoms with Gasteiger partial charge in [0, 0.05) is 21.7 Å². The second-order valence-corrected chi connectivity index (χ2v) is 5.08. The molecule has 1 aromatic heterocycles. The minimum atomic E-state index is -0.103. The van der Waals surface area contributed by atoms with Crippen LogP contribution in [0.2, 0.25) is 0 Å². The van der Waals surface area contributed by atoms with Gasteiger partial charge in [-0.1, -0.05) is 6.92 Å². The lowest BCUT2D eigenvalue weighted by Gasteiger charge is -2.16. The zero-order valence-corrected chi connectivity index (χ0v) is 12.2.